The summed E-state index contributed by atoms with van der Waals surface area (Å²) in [5, 5.41) is 6.63. The normalized spacial score (nSPS) is 25.0. The number of allylic oxidation sites excluding steroid dienone is 5. The van der Waals surface area contributed by atoms with E-state index >= 15 is 0 Å². The molecule has 86 valence electrons. The number of hydrazone groups is 1. The fourth-order valence-electron chi connectivity index (χ4n) is 2.10. The molecule has 0 bridgehead atoms. The Kier molecular flexibility index (Phi) is 3.33. The zero-order chi connectivity index (χ0) is 11.7. The molecule has 2 nitrogen and oxygen atoms in total. The molecule has 1 unspecified atom stereocenters. The third-order valence-electron chi connectivity index (χ3n) is 2.96. The first-order chi connectivity index (χ1) is 7.61. The summed E-state index contributed by atoms with van der Waals surface area (Å²) in [6.45, 7) is 6.57. The molecule has 0 fully saturated rings. The van der Waals surface area contributed by atoms with E-state index in [0.717, 1.165) is 17.5 Å². The van der Waals surface area contributed by atoms with Crippen LogP contribution in [-0.2, 0) is 0 Å². The van der Waals surface area contributed by atoms with Crippen LogP contribution < -0.4 is 0 Å². The molecule has 0 saturated carbocycles. The van der Waals surface area contributed by atoms with Crippen molar-refractivity contribution >= 4 is 20.6 Å². The molecular formula is C13H17BrN2. The maximum absolute atomic E-state index is 4.56. The largest absolute Gasteiger partial charge is 0.237 e. The summed E-state index contributed by atoms with van der Waals surface area (Å²) >= 11 is 3.47. The SMILES string of the molecule is CCC1=CC(C)CC=C2C(C)=CC(Br)=NN12. The Bertz CT molecular complexity index is 416. The van der Waals surface area contributed by atoms with E-state index in [1.165, 1.54) is 17.0 Å². The minimum atomic E-state index is 0.592. The Labute approximate surface area is 106 Å². The minimum absolute atomic E-state index is 0.592. The highest BCUT2D eigenvalue weighted by Crippen LogP contribution is 2.31. The molecule has 0 N–H and O–H groups in total. The first-order valence-corrected chi connectivity index (χ1v) is 6.55. The Morgan fingerprint density at radius 3 is 3.00 bits per heavy atom. The number of fused-ring (bicyclic) bond motifs is 1. The fraction of sp³-hybridized carbons (Fsp3) is 0.462. The summed E-state index contributed by atoms with van der Waals surface area (Å²) in [5.74, 6) is 0.592. The summed E-state index contributed by atoms with van der Waals surface area (Å²) in [5.41, 5.74) is 3.80. The lowest BCUT2D eigenvalue weighted by atomic mass is 10.1. The van der Waals surface area contributed by atoms with Gasteiger partial charge < -0.3 is 0 Å². The minimum Gasteiger partial charge on any atom is -0.237 e. The van der Waals surface area contributed by atoms with Crippen molar-refractivity contribution in [2.24, 2.45) is 11.0 Å². The number of hydrogen-bond acceptors (Lipinski definition) is 2. The van der Waals surface area contributed by atoms with Crippen LogP contribution in [0.2, 0.25) is 0 Å². The Balaban J connectivity index is 2.46. The van der Waals surface area contributed by atoms with Crippen LogP contribution in [0.15, 0.2) is 40.3 Å². The van der Waals surface area contributed by atoms with Gasteiger partial charge in [0.1, 0.15) is 4.62 Å². The highest BCUT2D eigenvalue weighted by molar-refractivity contribution is 9.18. The Morgan fingerprint density at radius 2 is 2.31 bits per heavy atom. The Hall–Kier alpha value is -0.830. The summed E-state index contributed by atoms with van der Waals surface area (Å²) in [4.78, 5) is 0. The number of halogens is 1. The van der Waals surface area contributed by atoms with Crippen LogP contribution in [0.1, 0.15) is 33.6 Å². The molecule has 0 aromatic carbocycles. The number of nitrogens with zero attached hydrogens (tertiary/aromatic N) is 2. The molecule has 0 aliphatic carbocycles. The predicted molar refractivity (Wildman–Crippen MR) is 72.2 cm³/mol. The van der Waals surface area contributed by atoms with Gasteiger partial charge in [-0.25, -0.2) is 5.01 Å². The van der Waals surface area contributed by atoms with E-state index in [2.05, 4.69) is 65.0 Å². The van der Waals surface area contributed by atoms with Crippen molar-refractivity contribution in [2.45, 2.75) is 33.6 Å². The van der Waals surface area contributed by atoms with Gasteiger partial charge in [-0.3, -0.25) is 0 Å². The second-order valence-corrected chi connectivity index (χ2v) is 5.19. The molecule has 0 radical (unpaired) electrons. The zero-order valence-corrected chi connectivity index (χ0v) is 11.6. The van der Waals surface area contributed by atoms with Crippen molar-refractivity contribution in [3.05, 3.63) is 35.2 Å². The number of hydrogen-bond donors (Lipinski definition) is 0. The van der Waals surface area contributed by atoms with Gasteiger partial charge in [0.05, 0.1) is 5.70 Å². The second-order valence-electron chi connectivity index (χ2n) is 4.38. The van der Waals surface area contributed by atoms with E-state index in [9.17, 15) is 0 Å². The van der Waals surface area contributed by atoms with Crippen LogP contribution in [0.3, 0.4) is 0 Å². The zero-order valence-electron chi connectivity index (χ0n) is 10.00. The molecular weight excluding hydrogens is 264 g/mol. The first kappa shape index (κ1) is 11.6. The van der Waals surface area contributed by atoms with Crippen LogP contribution in [-0.4, -0.2) is 9.63 Å². The predicted octanol–water partition coefficient (Wildman–Crippen LogP) is 4.17. The van der Waals surface area contributed by atoms with Crippen LogP contribution in [0.5, 0.6) is 0 Å². The average Bonchev–Trinajstić information content (AvgIpc) is 2.38. The van der Waals surface area contributed by atoms with Gasteiger partial charge in [0.25, 0.3) is 0 Å². The van der Waals surface area contributed by atoms with E-state index in [4.69, 9.17) is 0 Å². The quantitative estimate of drug-likeness (QED) is 0.704. The molecule has 0 aromatic heterocycles. The van der Waals surface area contributed by atoms with Crippen LogP contribution >= 0.6 is 15.9 Å². The van der Waals surface area contributed by atoms with E-state index in [0.29, 0.717) is 5.92 Å². The molecule has 2 heterocycles. The van der Waals surface area contributed by atoms with Crippen LogP contribution in [0.4, 0.5) is 0 Å². The Morgan fingerprint density at radius 1 is 1.56 bits per heavy atom. The first-order valence-electron chi connectivity index (χ1n) is 5.75. The summed E-state index contributed by atoms with van der Waals surface area (Å²) in [6.07, 6.45) is 8.79. The van der Waals surface area contributed by atoms with E-state index in [-0.39, 0.29) is 0 Å². The lowest BCUT2D eigenvalue weighted by Gasteiger charge is -2.27. The number of rotatable bonds is 1. The maximum Gasteiger partial charge on any atom is 0.127 e. The molecule has 16 heavy (non-hydrogen) atoms. The van der Waals surface area contributed by atoms with Gasteiger partial charge in [-0.1, -0.05) is 26.0 Å². The second kappa shape index (κ2) is 4.58. The van der Waals surface area contributed by atoms with Gasteiger partial charge in [0.15, 0.2) is 0 Å². The molecule has 2 aliphatic rings. The topological polar surface area (TPSA) is 15.6 Å². The van der Waals surface area contributed by atoms with Gasteiger partial charge in [-0.05, 0) is 53.3 Å². The maximum atomic E-state index is 4.56. The third kappa shape index (κ3) is 2.14. The van der Waals surface area contributed by atoms with Crippen molar-refractivity contribution < 1.29 is 0 Å². The summed E-state index contributed by atoms with van der Waals surface area (Å²) in [7, 11) is 0. The third-order valence-corrected chi connectivity index (χ3v) is 3.35. The van der Waals surface area contributed by atoms with Gasteiger partial charge in [0.2, 0.25) is 0 Å². The summed E-state index contributed by atoms with van der Waals surface area (Å²) in [6, 6.07) is 0. The highest BCUT2D eigenvalue weighted by atomic mass is 79.9. The van der Waals surface area contributed by atoms with Crippen LogP contribution in [0.25, 0.3) is 0 Å². The molecule has 0 saturated heterocycles. The average molecular weight is 281 g/mol. The fourth-order valence-corrected chi connectivity index (χ4v) is 2.60. The van der Waals surface area contributed by atoms with Crippen LogP contribution in [0, 0.1) is 5.92 Å². The summed E-state index contributed by atoms with van der Waals surface area (Å²) < 4.78 is 0.899. The molecule has 1 atom stereocenters. The molecule has 2 rings (SSSR count). The monoisotopic (exact) mass is 280 g/mol. The van der Waals surface area contributed by atoms with Crippen molar-refractivity contribution in [3.8, 4) is 0 Å². The molecule has 0 aromatic rings. The van der Waals surface area contributed by atoms with E-state index in [1.807, 2.05) is 0 Å². The van der Waals surface area contributed by atoms with Crippen molar-refractivity contribution in [1.29, 1.82) is 0 Å². The molecule has 2 aliphatic heterocycles. The highest BCUT2D eigenvalue weighted by Gasteiger charge is 2.21. The van der Waals surface area contributed by atoms with Crippen molar-refractivity contribution in [1.82, 2.24) is 5.01 Å². The van der Waals surface area contributed by atoms with Gasteiger partial charge in [0, 0.05) is 5.70 Å². The van der Waals surface area contributed by atoms with E-state index < -0.39 is 0 Å². The van der Waals surface area contributed by atoms with Crippen molar-refractivity contribution in [3.63, 3.8) is 0 Å². The molecule has 3 heteroatoms. The lowest BCUT2D eigenvalue weighted by Crippen LogP contribution is -2.20. The molecule has 0 spiro atoms. The van der Waals surface area contributed by atoms with E-state index in [1.54, 1.807) is 0 Å². The van der Waals surface area contributed by atoms with Gasteiger partial charge >= 0.3 is 0 Å². The lowest BCUT2D eigenvalue weighted by molar-refractivity contribution is 0.445. The van der Waals surface area contributed by atoms with Crippen molar-refractivity contribution in [2.75, 3.05) is 0 Å². The van der Waals surface area contributed by atoms with Gasteiger partial charge in [-0.15, -0.1) is 0 Å². The standard InChI is InChI=1S/C13H17BrN2/c1-4-11-7-9(2)5-6-12-10(3)8-13(14)15-16(11)12/h6-9H,4-5H2,1-3H3. The molecule has 0 amide bonds. The van der Waals surface area contributed by atoms with Gasteiger partial charge in [-0.2, -0.15) is 5.10 Å². The smallest absolute Gasteiger partial charge is 0.127 e.